The normalized spacial score (nSPS) is 17.2. The molecule has 3 atom stereocenters. The van der Waals surface area contributed by atoms with E-state index < -0.39 is 18.2 Å². The van der Waals surface area contributed by atoms with Crippen molar-refractivity contribution in [2.75, 3.05) is 5.75 Å². The van der Waals surface area contributed by atoms with Crippen LogP contribution in [-0.2, 0) is 32.2 Å². The molecule has 0 unspecified atom stereocenters. The molecule has 1 fully saturated rings. The van der Waals surface area contributed by atoms with E-state index in [1.165, 1.54) is 11.8 Å². The zero-order valence-corrected chi connectivity index (χ0v) is 28.4. The zero-order chi connectivity index (χ0) is 35.3. The van der Waals surface area contributed by atoms with Gasteiger partial charge in [0.05, 0.1) is 24.4 Å². The Labute approximate surface area is 295 Å². The molecule has 1 aliphatic heterocycles. The number of hydrogen-bond donors (Lipinski definition) is 5. The molecule has 2 amide bonds. The van der Waals surface area contributed by atoms with Crippen LogP contribution in [0.3, 0.4) is 0 Å². The SMILES string of the molecule is O=C(CCCCCC(=O)NCc1ccccc1-c1ccc([C@@H]2O[C@H](CSc3ccccc3C(=O)O)C[C@H](c3ccc(CO)cc3)O2)cc1)NO. The Balaban J connectivity index is 1.26. The van der Waals surface area contributed by atoms with Crippen LogP contribution < -0.4 is 10.8 Å². The molecule has 4 aromatic rings. The molecule has 0 aliphatic carbocycles. The topological polar surface area (TPSA) is 154 Å². The number of ether oxygens (including phenoxy) is 2. The summed E-state index contributed by atoms with van der Waals surface area (Å²) in [5.41, 5.74) is 7.44. The third kappa shape index (κ3) is 10.3. The fraction of sp³-hybridized carbons (Fsp3) is 0.308. The smallest absolute Gasteiger partial charge is 0.336 e. The van der Waals surface area contributed by atoms with Crippen LogP contribution in [0, 0.1) is 0 Å². The van der Waals surface area contributed by atoms with E-state index in [0.717, 1.165) is 33.4 Å². The van der Waals surface area contributed by atoms with E-state index in [1.807, 2.05) is 84.9 Å². The summed E-state index contributed by atoms with van der Waals surface area (Å²) >= 11 is 1.45. The van der Waals surface area contributed by atoms with E-state index >= 15 is 0 Å². The third-order valence-corrected chi connectivity index (χ3v) is 9.78. The van der Waals surface area contributed by atoms with Crippen LogP contribution in [0.25, 0.3) is 11.1 Å². The Kier molecular flexibility index (Phi) is 13.6. The zero-order valence-electron chi connectivity index (χ0n) is 27.6. The molecule has 4 aromatic carbocycles. The van der Waals surface area contributed by atoms with Crippen molar-refractivity contribution in [1.82, 2.24) is 10.8 Å². The highest BCUT2D eigenvalue weighted by atomic mass is 32.2. The number of carbonyl (C=O) groups excluding carboxylic acids is 2. The fourth-order valence-electron chi connectivity index (χ4n) is 5.84. The number of hydroxylamine groups is 1. The third-order valence-electron chi connectivity index (χ3n) is 8.58. The molecular weight excluding hydrogens is 657 g/mol. The quantitative estimate of drug-likeness (QED) is 0.0362. The van der Waals surface area contributed by atoms with Crippen LogP contribution in [0.2, 0.25) is 0 Å². The van der Waals surface area contributed by atoms with E-state index in [1.54, 1.807) is 17.6 Å². The second-order valence-corrected chi connectivity index (χ2v) is 13.2. The van der Waals surface area contributed by atoms with Crippen LogP contribution >= 0.6 is 11.8 Å². The first-order valence-corrected chi connectivity index (χ1v) is 17.7. The number of thioether (sulfide) groups is 1. The van der Waals surface area contributed by atoms with Gasteiger partial charge in [-0.25, -0.2) is 10.3 Å². The molecular formula is C39H42N2O8S. The van der Waals surface area contributed by atoms with E-state index in [2.05, 4.69) is 5.32 Å². The van der Waals surface area contributed by atoms with Crippen molar-refractivity contribution in [3.63, 3.8) is 0 Å². The number of benzene rings is 4. The summed E-state index contributed by atoms with van der Waals surface area (Å²) < 4.78 is 13.0. The number of unbranched alkanes of at least 4 members (excludes halogenated alkanes) is 2. The number of carbonyl (C=O) groups is 3. The molecule has 0 radical (unpaired) electrons. The van der Waals surface area contributed by atoms with Crippen molar-refractivity contribution >= 4 is 29.5 Å². The van der Waals surface area contributed by atoms with Crippen molar-refractivity contribution in [2.24, 2.45) is 0 Å². The highest BCUT2D eigenvalue weighted by Gasteiger charge is 2.32. The predicted molar refractivity (Wildman–Crippen MR) is 189 cm³/mol. The minimum absolute atomic E-state index is 0.0450. The number of nitrogens with one attached hydrogen (secondary N) is 2. The summed E-state index contributed by atoms with van der Waals surface area (Å²) in [7, 11) is 0. The Hall–Kier alpha value is -4.52. The van der Waals surface area contributed by atoms with Crippen molar-refractivity contribution in [2.45, 2.75) is 75.1 Å². The number of carboxylic acids is 1. The molecule has 5 N–H and O–H groups in total. The molecule has 0 saturated carbocycles. The summed E-state index contributed by atoms with van der Waals surface area (Å²) in [6.45, 7) is 0.330. The molecule has 1 aliphatic rings. The number of aliphatic hydroxyl groups is 1. The average molecular weight is 699 g/mol. The lowest BCUT2D eigenvalue weighted by molar-refractivity contribution is -0.245. The monoisotopic (exact) mass is 698 g/mol. The maximum atomic E-state index is 12.5. The van der Waals surface area contributed by atoms with Gasteiger partial charge in [-0.15, -0.1) is 11.8 Å². The van der Waals surface area contributed by atoms with Gasteiger partial charge in [0.15, 0.2) is 6.29 Å². The van der Waals surface area contributed by atoms with Gasteiger partial charge in [-0.05, 0) is 52.8 Å². The van der Waals surface area contributed by atoms with Gasteiger partial charge in [-0.1, -0.05) is 91.3 Å². The minimum atomic E-state index is -0.969. The van der Waals surface area contributed by atoms with Crippen LogP contribution in [0.15, 0.2) is 102 Å². The average Bonchev–Trinajstić information content (AvgIpc) is 3.16. The van der Waals surface area contributed by atoms with Crippen LogP contribution in [0.4, 0.5) is 0 Å². The Bertz CT molecular complexity index is 1730. The fourth-order valence-corrected chi connectivity index (χ4v) is 6.90. The molecule has 0 aromatic heterocycles. The lowest BCUT2D eigenvalue weighted by atomic mass is 9.97. The predicted octanol–water partition coefficient (Wildman–Crippen LogP) is 6.95. The van der Waals surface area contributed by atoms with Gasteiger partial charge < -0.3 is 25.0 Å². The van der Waals surface area contributed by atoms with Crippen LogP contribution in [-0.4, -0.2) is 45.1 Å². The molecule has 11 heteroatoms. The molecule has 10 nitrogen and oxygen atoms in total. The highest BCUT2D eigenvalue weighted by Crippen LogP contribution is 2.40. The number of aliphatic hydroxyl groups excluding tert-OH is 1. The molecule has 262 valence electrons. The van der Waals surface area contributed by atoms with Gasteiger partial charge in [0.1, 0.15) is 0 Å². The first kappa shape index (κ1) is 36.8. The Morgan fingerprint density at radius 2 is 1.46 bits per heavy atom. The van der Waals surface area contributed by atoms with Crippen molar-refractivity contribution in [3.05, 3.63) is 125 Å². The van der Waals surface area contributed by atoms with Gasteiger partial charge in [0, 0.05) is 42.0 Å². The van der Waals surface area contributed by atoms with Crippen molar-refractivity contribution in [1.29, 1.82) is 0 Å². The number of aromatic carboxylic acids is 1. The largest absolute Gasteiger partial charge is 0.478 e. The van der Waals surface area contributed by atoms with E-state index in [4.69, 9.17) is 14.7 Å². The summed E-state index contributed by atoms with van der Waals surface area (Å²) in [5, 5.41) is 30.8. The van der Waals surface area contributed by atoms with Crippen LogP contribution in [0.5, 0.6) is 0 Å². The first-order chi connectivity index (χ1) is 24.3. The Morgan fingerprint density at radius 1 is 0.780 bits per heavy atom. The number of amides is 2. The summed E-state index contributed by atoms with van der Waals surface area (Å²) in [5.74, 6) is -0.920. The number of rotatable bonds is 16. The van der Waals surface area contributed by atoms with Gasteiger partial charge >= 0.3 is 5.97 Å². The van der Waals surface area contributed by atoms with Gasteiger partial charge in [-0.2, -0.15) is 0 Å². The molecule has 5 rings (SSSR count). The number of hydrogen-bond acceptors (Lipinski definition) is 8. The summed E-state index contributed by atoms with van der Waals surface area (Å²) in [6, 6.07) is 30.5. The minimum Gasteiger partial charge on any atom is -0.478 e. The summed E-state index contributed by atoms with van der Waals surface area (Å²) in [4.78, 5) is 36.1. The lowest BCUT2D eigenvalue weighted by Crippen LogP contribution is -2.31. The lowest BCUT2D eigenvalue weighted by Gasteiger charge is -2.36. The second-order valence-electron chi connectivity index (χ2n) is 12.1. The van der Waals surface area contributed by atoms with Crippen LogP contribution in [0.1, 0.15) is 83.5 Å². The van der Waals surface area contributed by atoms with Gasteiger partial charge in [0.2, 0.25) is 11.8 Å². The van der Waals surface area contributed by atoms with Gasteiger partial charge in [0.25, 0.3) is 0 Å². The maximum Gasteiger partial charge on any atom is 0.336 e. The van der Waals surface area contributed by atoms with Crippen molar-refractivity contribution in [3.8, 4) is 11.1 Å². The summed E-state index contributed by atoms with van der Waals surface area (Å²) in [6.07, 6.45) is 1.98. The molecule has 50 heavy (non-hydrogen) atoms. The molecule has 1 heterocycles. The van der Waals surface area contributed by atoms with E-state index in [0.29, 0.717) is 49.3 Å². The maximum absolute atomic E-state index is 12.5. The van der Waals surface area contributed by atoms with E-state index in [9.17, 15) is 24.6 Å². The van der Waals surface area contributed by atoms with E-state index in [-0.39, 0.29) is 36.7 Å². The molecule has 1 saturated heterocycles. The van der Waals surface area contributed by atoms with Crippen molar-refractivity contribution < 1.29 is 39.3 Å². The molecule has 0 bridgehead atoms. The number of carboxylic acid groups (broad SMARTS) is 1. The molecule has 0 spiro atoms. The highest BCUT2D eigenvalue weighted by molar-refractivity contribution is 7.99. The standard InChI is InChI=1S/C39H42N2O8S/c42-24-26-14-16-28(17-15-26)34-22-31(25-50-35-11-7-6-10-33(35)38(45)46)48-39(49-34)29-20-18-27(19-21-29)32-9-5-4-8-30(32)23-40-36(43)12-2-1-3-13-37(44)41-47/h4-11,14-21,31,34,39,42,47H,1-3,12-13,22-25H2,(H,40,43)(H,41,44)(H,45,46)/t31-,34+,39+/m0/s1. The first-order valence-electron chi connectivity index (χ1n) is 16.7. The second kappa shape index (κ2) is 18.5. The Morgan fingerprint density at radius 3 is 2.18 bits per heavy atom. The van der Waals surface area contributed by atoms with Gasteiger partial charge in [-0.3, -0.25) is 14.8 Å².